The van der Waals surface area contributed by atoms with Crippen LogP contribution in [0.1, 0.15) is 32.3 Å². The Labute approximate surface area is 203 Å². The van der Waals surface area contributed by atoms with Crippen molar-refractivity contribution in [3.8, 4) is 0 Å². The molecular weight excluding hydrogens is 446 g/mol. The maximum Gasteiger partial charge on any atom is 0.332 e. The van der Waals surface area contributed by atoms with Gasteiger partial charge in [-0.1, -0.05) is 47.1 Å². The summed E-state index contributed by atoms with van der Waals surface area (Å²) in [5, 5.41) is 4.11. The van der Waals surface area contributed by atoms with Crippen molar-refractivity contribution in [1.82, 2.24) is 18.7 Å². The van der Waals surface area contributed by atoms with Crippen molar-refractivity contribution in [1.29, 1.82) is 0 Å². The Morgan fingerprint density at radius 3 is 2.63 bits per heavy atom. The summed E-state index contributed by atoms with van der Waals surface area (Å²) in [6.45, 7) is 5.90. The molecule has 4 rings (SSSR count). The van der Waals surface area contributed by atoms with Crippen LogP contribution in [0.15, 0.2) is 56.7 Å². The van der Waals surface area contributed by atoms with Crippen LogP contribution < -0.4 is 21.9 Å². The van der Waals surface area contributed by atoms with Crippen molar-refractivity contribution in [2.45, 2.75) is 45.8 Å². The highest BCUT2D eigenvalue weighted by atomic mass is 16.6. The summed E-state index contributed by atoms with van der Waals surface area (Å²) >= 11 is 0. The van der Waals surface area contributed by atoms with Gasteiger partial charge in [-0.3, -0.25) is 13.9 Å². The molecule has 0 spiro atoms. The number of imidazole rings is 1. The molecule has 0 amide bonds. The first-order valence-electron chi connectivity index (χ1n) is 11.8. The fourth-order valence-corrected chi connectivity index (χ4v) is 4.44. The molecule has 0 saturated carbocycles. The zero-order valence-corrected chi connectivity index (χ0v) is 20.8. The summed E-state index contributed by atoms with van der Waals surface area (Å²) in [6, 6.07) is 9.40. The third-order valence-electron chi connectivity index (χ3n) is 6.25. The molecule has 1 saturated heterocycles. The largest absolute Gasteiger partial charge is 0.399 e. The third kappa shape index (κ3) is 4.93. The van der Waals surface area contributed by atoms with E-state index in [1.807, 2.05) is 54.8 Å². The van der Waals surface area contributed by atoms with E-state index in [4.69, 9.17) is 15.6 Å². The first-order chi connectivity index (χ1) is 16.8. The van der Waals surface area contributed by atoms with Gasteiger partial charge in [0.05, 0.1) is 6.54 Å². The van der Waals surface area contributed by atoms with E-state index in [1.165, 1.54) is 16.2 Å². The van der Waals surface area contributed by atoms with E-state index in [0.717, 1.165) is 30.5 Å². The van der Waals surface area contributed by atoms with Crippen LogP contribution >= 0.6 is 0 Å². The van der Waals surface area contributed by atoms with Gasteiger partial charge in [-0.25, -0.2) is 4.79 Å². The van der Waals surface area contributed by atoms with Crippen molar-refractivity contribution in [3.05, 3.63) is 68.4 Å². The maximum absolute atomic E-state index is 13.8. The molecule has 0 radical (unpaired) electrons. The Bertz CT molecular complexity index is 1380. The number of benzene rings is 1. The number of allylic oxidation sites excluding steroid dienone is 2. The molecule has 1 unspecified atom stereocenters. The second-order valence-electron chi connectivity index (χ2n) is 9.14. The van der Waals surface area contributed by atoms with Crippen LogP contribution in [-0.4, -0.2) is 50.6 Å². The highest BCUT2D eigenvalue weighted by Gasteiger charge is 2.26. The van der Waals surface area contributed by atoms with E-state index in [1.54, 1.807) is 7.05 Å². The van der Waals surface area contributed by atoms with Crippen LogP contribution in [0, 0.1) is 0 Å². The minimum Gasteiger partial charge on any atom is -0.399 e. The Kier molecular flexibility index (Phi) is 7.20. The number of piperidine rings is 1. The monoisotopic (exact) mass is 479 g/mol. The van der Waals surface area contributed by atoms with Gasteiger partial charge >= 0.3 is 5.69 Å². The van der Waals surface area contributed by atoms with Crippen LogP contribution in [0.4, 0.5) is 5.95 Å². The minimum atomic E-state index is -0.462. The first kappa shape index (κ1) is 24.5. The SMILES string of the molecule is CO/N=C(\Cn1c(=O)c2c(nc(N3CCCC(N)C3)n2CC=C(C)C)n(C)c1=O)c1ccccc1. The van der Waals surface area contributed by atoms with Gasteiger partial charge in [-0.15, -0.1) is 0 Å². The number of anilines is 1. The molecular formula is C25H33N7O3. The summed E-state index contributed by atoms with van der Waals surface area (Å²) in [5.74, 6) is 0.659. The average molecular weight is 480 g/mol. The highest BCUT2D eigenvalue weighted by Crippen LogP contribution is 2.23. The Morgan fingerprint density at radius 2 is 1.97 bits per heavy atom. The van der Waals surface area contributed by atoms with Crippen molar-refractivity contribution in [2.24, 2.45) is 17.9 Å². The summed E-state index contributed by atoms with van der Waals surface area (Å²) in [7, 11) is 3.08. The van der Waals surface area contributed by atoms with Crippen LogP contribution in [0.3, 0.4) is 0 Å². The Balaban J connectivity index is 1.91. The molecule has 3 aromatic rings. The molecule has 35 heavy (non-hydrogen) atoms. The van der Waals surface area contributed by atoms with E-state index in [0.29, 0.717) is 35.9 Å². The number of hydrogen-bond acceptors (Lipinski definition) is 7. The third-order valence-corrected chi connectivity index (χ3v) is 6.25. The van der Waals surface area contributed by atoms with Crippen molar-refractivity contribution in [3.63, 3.8) is 0 Å². The molecule has 1 atom stereocenters. The second-order valence-corrected chi connectivity index (χ2v) is 9.14. The van der Waals surface area contributed by atoms with E-state index >= 15 is 0 Å². The number of aryl methyl sites for hydroxylation is 1. The lowest BCUT2D eigenvalue weighted by molar-refractivity contribution is 0.212. The highest BCUT2D eigenvalue weighted by molar-refractivity contribution is 6.00. The van der Waals surface area contributed by atoms with Gasteiger partial charge in [-0.2, -0.15) is 4.98 Å². The normalized spacial score (nSPS) is 16.5. The first-order valence-corrected chi connectivity index (χ1v) is 11.8. The summed E-state index contributed by atoms with van der Waals surface area (Å²) in [6.07, 6.45) is 3.95. The number of hydrogen-bond donors (Lipinski definition) is 1. The van der Waals surface area contributed by atoms with Crippen LogP contribution in [0.5, 0.6) is 0 Å². The molecule has 0 bridgehead atoms. The Morgan fingerprint density at radius 1 is 1.23 bits per heavy atom. The van der Waals surface area contributed by atoms with Gasteiger partial charge in [0.15, 0.2) is 11.2 Å². The van der Waals surface area contributed by atoms with E-state index < -0.39 is 11.2 Å². The molecule has 1 aromatic carbocycles. The van der Waals surface area contributed by atoms with Gasteiger partial charge in [0, 0.05) is 38.3 Å². The van der Waals surface area contributed by atoms with Crippen LogP contribution in [0.25, 0.3) is 11.2 Å². The molecule has 2 aromatic heterocycles. The predicted octanol–water partition coefficient (Wildman–Crippen LogP) is 1.84. The molecule has 1 fully saturated rings. The minimum absolute atomic E-state index is 0.0307. The fourth-order valence-electron chi connectivity index (χ4n) is 4.44. The zero-order chi connectivity index (χ0) is 25.1. The van der Waals surface area contributed by atoms with E-state index in [9.17, 15) is 9.59 Å². The van der Waals surface area contributed by atoms with Crippen molar-refractivity contribution in [2.75, 3.05) is 25.1 Å². The van der Waals surface area contributed by atoms with E-state index in [2.05, 4.69) is 10.1 Å². The fraction of sp³-hybridized carbons (Fsp3) is 0.440. The lowest BCUT2D eigenvalue weighted by Crippen LogP contribution is -2.44. The topological polar surface area (TPSA) is 113 Å². The maximum atomic E-state index is 13.8. The summed E-state index contributed by atoms with van der Waals surface area (Å²) < 4.78 is 4.52. The zero-order valence-electron chi connectivity index (χ0n) is 20.8. The van der Waals surface area contributed by atoms with Crippen LogP contribution in [-0.2, 0) is 25.0 Å². The van der Waals surface area contributed by atoms with Gasteiger partial charge in [0.2, 0.25) is 5.95 Å². The number of fused-ring (bicyclic) bond motifs is 1. The summed E-state index contributed by atoms with van der Waals surface area (Å²) in [5.41, 5.74) is 8.47. The van der Waals surface area contributed by atoms with Gasteiger partial charge in [0.25, 0.3) is 5.56 Å². The second kappa shape index (κ2) is 10.3. The number of aromatic nitrogens is 4. The smallest absolute Gasteiger partial charge is 0.332 e. The van der Waals surface area contributed by atoms with Crippen molar-refractivity contribution < 1.29 is 4.84 Å². The van der Waals surface area contributed by atoms with Gasteiger partial charge in [0.1, 0.15) is 12.8 Å². The van der Waals surface area contributed by atoms with Crippen LogP contribution in [0.2, 0.25) is 0 Å². The summed E-state index contributed by atoms with van der Waals surface area (Å²) in [4.78, 5) is 39.1. The molecule has 3 heterocycles. The molecule has 2 N–H and O–H groups in total. The van der Waals surface area contributed by atoms with Gasteiger partial charge < -0.3 is 20.0 Å². The quantitative estimate of drug-likeness (QED) is 0.314. The van der Waals surface area contributed by atoms with Crippen molar-refractivity contribution >= 4 is 22.8 Å². The lowest BCUT2D eigenvalue weighted by Gasteiger charge is -2.31. The average Bonchev–Trinajstić information content (AvgIpc) is 3.24. The molecule has 1 aliphatic rings. The molecule has 10 nitrogen and oxygen atoms in total. The predicted molar refractivity (Wildman–Crippen MR) is 138 cm³/mol. The standard InChI is InChI=1S/C25H33N7O3/c1-17(2)12-14-31-21-22(27-24(31)30-13-8-11-19(26)15-30)29(3)25(34)32(23(21)33)16-20(28-35-4)18-9-6-5-7-10-18/h5-7,9-10,12,19H,8,11,13-16,26H2,1-4H3/b28-20+. The number of nitrogens with zero attached hydrogens (tertiary/aromatic N) is 6. The molecule has 10 heteroatoms. The molecule has 0 aliphatic carbocycles. The van der Waals surface area contributed by atoms with E-state index in [-0.39, 0.29) is 12.6 Å². The number of oxime groups is 1. The lowest BCUT2D eigenvalue weighted by atomic mass is 10.1. The molecule has 1 aliphatic heterocycles. The molecule has 186 valence electrons. The Hall–Kier alpha value is -3.66. The number of nitrogens with two attached hydrogens (primary N) is 1. The van der Waals surface area contributed by atoms with Gasteiger partial charge in [-0.05, 0) is 26.7 Å². The number of rotatable bonds is 7.